The number of aromatic nitrogens is 8. The van der Waals surface area contributed by atoms with Gasteiger partial charge in [-0.1, -0.05) is 77.1 Å². The SMILES string of the molecule is CC.CC(=O)NCC(=O)N1CCCC1.CCC.CCC.COC(=O)NCC(=O)N1CCCC1.c1ncc(-c2cn3cc(-c4cn5cc(-c6cnc[nH]6)sc5n4)nc3s2)[nH]1. The van der Waals surface area contributed by atoms with Gasteiger partial charge in [-0.2, -0.15) is 0 Å². The third kappa shape index (κ3) is 15.0. The van der Waals surface area contributed by atoms with Gasteiger partial charge in [-0.15, -0.1) is 0 Å². The van der Waals surface area contributed by atoms with Crippen LogP contribution < -0.4 is 10.6 Å². The monoisotopic (exact) mass is 852 g/mol. The summed E-state index contributed by atoms with van der Waals surface area (Å²) in [5.41, 5.74) is 3.73. The fourth-order valence-electron chi connectivity index (χ4n) is 5.45. The number of nitrogens with one attached hydrogen (secondary N) is 4. The number of hydrogen-bond acceptors (Lipinski definition) is 11. The lowest BCUT2D eigenvalue weighted by atomic mass is 10.4. The molecule has 2 aliphatic heterocycles. The average Bonchev–Trinajstić information content (AvgIpc) is 4.08. The first kappa shape index (κ1) is 47.8. The summed E-state index contributed by atoms with van der Waals surface area (Å²) in [7, 11) is 1.27. The summed E-state index contributed by atoms with van der Waals surface area (Å²) in [6, 6.07) is 0. The summed E-state index contributed by atoms with van der Waals surface area (Å²) in [5, 5.41) is 4.85. The maximum absolute atomic E-state index is 11.3. The highest BCUT2D eigenvalue weighted by atomic mass is 32.1. The van der Waals surface area contributed by atoms with E-state index in [-0.39, 0.29) is 30.8 Å². The third-order valence-electron chi connectivity index (χ3n) is 8.08. The van der Waals surface area contributed by atoms with Crippen LogP contribution in [0.4, 0.5) is 4.79 Å². The lowest BCUT2D eigenvalue weighted by Gasteiger charge is -2.14. The summed E-state index contributed by atoms with van der Waals surface area (Å²) >= 11 is 3.24. The second kappa shape index (κ2) is 25.7. The first-order chi connectivity index (χ1) is 28.6. The van der Waals surface area contributed by atoms with E-state index in [1.807, 2.05) is 47.4 Å². The molecule has 4 N–H and O–H groups in total. The van der Waals surface area contributed by atoms with E-state index in [9.17, 15) is 19.2 Å². The molecule has 0 saturated carbocycles. The lowest BCUT2D eigenvalue weighted by molar-refractivity contribution is -0.131. The summed E-state index contributed by atoms with van der Waals surface area (Å²) in [4.78, 5) is 75.1. The Morgan fingerprint density at radius 3 is 1.39 bits per heavy atom. The zero-order valence-electron chi connectivity index (χ0n) is 35.5. The van der Waals surface area contributed by atoms with E-state index in [1.54, 1.807) is 45.1 Å². The Balaban J connectivity index is 0.000000239. The molecule has 8 heterocycles. The van der Waals surface area contributed by atoms with Crippen LogP contribution in [-0.4, -0.2) is 119 Å². The minimum Gasteiger partial charge on any atom is -0.453 e. The molecule has 322 valence electrons. The quantitative estimate of drug-likeness (QED) is 0.129. The number of thiazole rings is 2. The molecule has 6 aromatic heterocycles. The number of likely N-dealkylation sites (tertiary alicyclic amines) is 2. The van der Waals surface area contributed by atoms with Gasteiger partial charge in [0.2, 0.25) is 17.7 Å². The molecular weight excluding hydrogens is 793 g/mol. The molecular formula is C40H60N12O5S2. The minimum atomic E-state index is -0.562. The molecule has 6 aromatic rings. The van der Waals surface area contributed by atoms with Crippen molar-refractivity contribution < 1.29 is 23.9 Å². The van der Waals surface area contributed by atoms with E-state index >= 15 is 0 Å². The highest BCUT2D eigenvalue weighted by Crippen LogP contribution is 2.31. The molecule has 17 nitrogen and oxygen atoms in total. The van der Waals surface area contributed by atoms with Crippen molar-refractivity contribution in [3.05, 3.63) is 49.8 Å². The summed E-state index contributed by atoms with van der Waals surface area (Å²) < 4.78 is 8.40. The van der Waals surface area contributed by atoms with Crippen LogP contribution in [-0.2, 0) is 19.1 Å². The van der Waals surface area contributed by atoms with Crippen LogP contribution in [0.5, 0.6) is 0 Å². The summed E-state index contributed by atoms with van der Waals surface area (Å²) in [6.45, 7) is 17.4. The van der Waals surface area contributed by atoms with Gasteiger partial charge >= 0.3 is 6.09 Å². The van der Waals surface area contributed by atoms with E-state index in [4.69, 9.17) is 9.97 Å². The van der Waals surface area contributed by atoms with Crippen LogP contribution in [0.1, 0.15) is 87.0 Å². The Labute approximate surface area is 354 Å². The highest BCUT2D eigenvalue weighted by Gasteiger charge is 2.19. The molecule has 4 amide bonds. The van der Waals surface area contributed by atoms with Crippen LogP contribution in [0.3, 0.4) is 0 Å². The number of imidazole rings is 4. The number of carbonyl (C=O) groups excluding carboxylic acids is 4. The normalized spacial score (nSPS) is 12.7. The van der Waals surface area contributed by atoms with Crippen LogP contribution in [0.15, 0.2) is 49.8 Å². The topological polar surface area (TPSA) is 200 Å². The van der Waals surface area contributed by atoms with Gasteiger partial charge in [-0.25, -0.2) is 24.7 Å². The molecule has 2 aliphatic rings. The van der Waals surface area contributed by atoms with Gasteiger partial charge in [-0.3, -0.25) is 23.2 Å². The van der Waals surface area contributed by atoms with E-state index in [0.717, 1.165) is 94.3 Å². The van der Waals surface area contributed by atoms with Gasteiger partial charge in [0.05, 0.1) is 59.8 Å². The number of methoxy groups -OCH3 is 1. The van der Waals surface area contributed by atoms with E-state index < -0.39 is 6.09 Å². The highest BCUT2D eigenvalue weighted by molar-refractivity contribution is 7.20. The van der Waals surface area contributed by atoms with Gasteiger partial charge in [0, 0.05) is 57.9 Å². The number of nitrogens with zero attached hydrogens (tertiary/aromatic N) is 8. The fourth-order valence-corrected chi connectivity index (χ4v) is 7.32. The van der Waals surface area contributed by atoms with Crippen molar-refractivity contribution in [2.75, 3.05) is 46.4 Å². The Kier molecular flexibility index (Phi) is 20.8. The zero-order chi connectivity index (χ0) is 43.2. The first-order valence-electron chi connectivity index (χ1n) is 20.2. The molecule has 0 spiro atoms. The maximum atomic E-state index is 11.3. The Bertz CT molecular complexity index is 1940. The molecule has 0 radical (unpaired) electrons. The minimum absolute atomic E-state index is 0.0303. The number of aromatic amines is 2. The fraction of sp³-hybridized carbons (Fsp3) is 0.500. The lowest BCUT2D eigenvalue weighted by Crippen LogP contribution is -2.38. The molecule has 0 atom stereocenters. The maximum Gasteiger partial charge on any atom is 0.407 e. The van der Waals surface area contributed by atoms with Crippen molar-refractivity contribution in [1.82, 2.24) is 59.1 Å². The predicted molar refractivity (Wildman–Crippen MR) is 234 cm³/mol. The molecule has 59 heavy (non-hydrogen) atoms. The number of H-pyrrole nitrogens is 2. The standard InChI is InChI=1S/C16H10N8S2.C8H14N2O3.C8H14N2O2.2C3H8.C2H6/c1-9(19-7-17-1)13-5-23-3-11(21-15(23)25-13)12-4-24-6-14(26-16(24)22-12)10-2-18-8-20-10;1-13-8(12)9-6-7(11)10-4-2-3-5-10;1-7(11)9-6-8(12)10-4-2-3-5-10;2*1-3-2;1-2/h1-8H,(H,17,19)(H,18,20);2-6H2,1H3,(H,9,12);2-6H2,1H3,(H,9,11);2*3H2,1-2H3;1-2H3. The Morgan fingerprint density at radius 2 is 1.07 bits per heavy atom. The summed E-state index contributed by atoms with van der Waals surface area (Å²) in [6.07, 6.45) is 21.3. The first-order valence-corrected chi connectivity index (χ1v) is 21.8. The molecule has 2 saturated heterocycles. The van der Waals surface area contributed by atoms with Crippen molar-refractivity contribution in [2.45, 2.75) is 87.0 Å². The van der Waals surface area contributed by atoms with E-state index in [1.165, 1.54) is 26.9 Å². The Morgan fingerprint density at radius 1 is 0.678 bits per heavy atom. The van der Waals surface area contributed by atoms with Crippen molar-refractivity contribution in [2.24, 2.45) is 0 Å². The number of ether oxygens (including phenoxy) is 1. The molecule has 2 fully saturated rings. The van der Waals surface area contributed by atoms with Crippen LogP contribution in [0, 0.1) is 0 Å². The van der Waals surface area contributed by atoms with Gasteiger partial charge in [0.15, 0.2) is 9.92 Å². The van der Waals surface area contributed by atoms with Crippen LogP contribution >= 0.6 is 22.7 Å². The van der Waals surface area contributed by atoms with Gasteiger partial charge in [0.25, 0.3) is 0 Å². The molecule has 0 unspecified atom stereocenters. The predicted octanol–water partition coefficient (Wildman–Crippen LogP) is 7.12. The van der Waals surface area contributed by atoms with E-state index in [0.29, 0.717) is 0 Å². The van der Waals surface area contributed by atoms with Gasteiger partial charge in [0.1, 0.15) is 17.9 Å². The average molecular weight is 853 g/mol. The molecule has 0 bridgehead atoms. The number of carbonyl (C=O) groups is 4. The van der Waals surface area contributed by atoms with Crippen molar-refractivity contribution >= 4 is 56.4 Å². The third-order valence-corrected chi connectivity index (χ3v) is 10.1. The number of rotatable bonds is 7. The molecule has 0 aliphatic carbocycles. The number of alkyl carbamates (subject to hydrolysis) is 1. The van der Waals surface area contributed by atoms with Crippen molar-refractivity contribution in [3.63, 3.8) is 0 Å². The smallest absolute Gasteiger partial charge is 0.407 e. The molecule has 19 heteroatoms. The van der Waals surface area contributed by atoms with E-state index in [2.05, 4.69) is 75.4 Å². The second-order valence-electron chi connectivity index (χ2n) is 13.1. The largest absolute Gasteiger partial charge is 0.453 e. The number of amides is 4. The molecule has 0 aromatic carbocycles. The van der Waals surface area contributed by atoms with Crippen molar-refractivity contribution in [1.29, 1.82) is 0 Å². The molecule has 8 rings (SSSR count). The zero-order valence-corrected chi connectivity index (χ0v) is 37.2. The summed E-state index contributed by atoms with van der Waals surface area (Å²) in [5.74, 6) is -0.159. The van der Waals surface area contributed by atoms with Gasteiger partial charge in [-0.05, 0) is 25.7 Å². The number of fused-ring (bicyclic) bond motifs is 2. The van der Waals surface area contributed by atoms with Gasteiger partial charge < -0.3 is 35.1 Å². The van der Waals surface area contributed by atoms with Crippen LogP contribution in [0.2, 0.25) is 0 Å². The van der Waals surface area contributed by atoms with Crippen LogP contribution in [0.25, 0.3) is 42.5 Å². The van der Waals surface area contributed by atoms with Crippen molar-refractivity contribution in [3.8, 4) is 32.5 Å². The number of hydrogen-bond donors (Lipinski definition) is 4. The second-order valence-corrected chi connectivity index (χ2v) is 15.1. The Hall–Kier alpha value is -5.56.